The summed E-state index contributed by atoms with van der Waals surface area (Å²) in [6, 6.07) is 9.41. The second-order valence-corrected chi connectivity index (χ2v) is 6.92. The third-order valence-electron chi connectivity index (χ3n) is 3.34. The third kappa shape index (κ3) is 5.43. The monoisotopic (exact) mass is 379 g/mol. The molecule has 26 heavy (non-hydrogen) atoms. The van der Waals surface area contributed by atoms with Crippen LogP contribution in [-0.2, 0) is 14.8 Å². The highest BCUT2D eigenvalue weighted by atomic mass is 32.2. The number of hydrogen-bond acceptors (Lipinski definition) is 6. The Morgan fingerprint density at radius 3 is 2.58 bits per heavy atom. The lowest BCUT2D eigenvalue weighted by Gasteiger charge is -2.10. The first-order chi connectivity index (χ1) is 12.5. The van der Waals surface area contributed by atoms with Gasteiger partial charge in [-0.2, -0.15) is 0 Å². The van der Waals surface area contributed by atoms with Gasteiger partial charge in [0.2, 0.25) is 15.9 Å². The maximum absolute atomic E-state index is 12.2. The molecule has 0 radical (unpaired) electrons. The zero-order chi connectivity index (χ0) is 19.0. The molecule has 1 aromatic heterocycles. The molecule has 0 bridgehead atoms. The maximum Gasteiger partial charge on any atom is 0.240 e. The SMILES string of the molecule is CCOc1ccc(S(=O)(=O)NCCC(=O)Nc2ncccc2OC)cc1. The van der Waals surface area contributed by atoms with Crippen LogP contribution in [0, 0.1) is 0 Å². The van der Waals surface area contributed by atoms with Gasteiger partial charge in [-0.1, -0.05) is 0 Å². The number of hydrogen-bond donors (Lipinski definition) is 2. The van der Waals surface area contributed by atoms with Crippen LogP contribution >= 0.6 is 0 Å². The van der Waals surface area contributed by atoms with Crippen LogP contribution in [0.4, 0.5) is 5.82 Å². The summed E-state index contributed by atoms with van der Waals surface area (Å²) < 4.78 is 37.2. The molecule has 0 saturated heterocycles. The largest absolute Gasteiger partial charge is 0.494 e. The summed E-state index contributed by atoms with van der Waals surface area (Å²) in [5.41, 5.74) is 0. The average Bonchev–Trinajstić information content (AvgIpc) is 2.63. The summed E-state index contributed by atoms with van der Waals surface area (Å²) >= 11 is 0. The van der Waals surface area contributed by atoms with Crippen molar-refractivity contribution in [3.05, 3.63) is 42.6 Å². The summed E-state index contributed by atoms with van der Waals surface area (Å²) in [5, 5.41) is 2.58. The number of amides is 1. The van der Waals surface area contributed by atoms with Gasteiger partial charge in [-0.3, -0.25) is 4.79 Å². The van der Waals surface area contributed by atoms with Gasteiger partial charge in [0.1, 0.15) is 5.75 Å². The molecule has 1 amide bonds. The van der Waals surface area contributed by atoms with Crippen LogP contribution in [0.3, 0.4) is 0 Å². The quantitative estimate of drug-likeness (QED) is 0.688. The predicted molar refractivity (Wildman–Crippen MR) is 96.8 cm³/mol. The van der Waals surface area contributed by atoms with E-state index in [9.17, 15) is 13.2 Å². The van der Waals surface area contributed by atoms with Crippen molar-refractivity contribution in [3.8, 4) is 11.5 Å². The predicted octanol–water partition coefficient (Wildman–Crippen LogP) is 1.80. The van der Waals surface area contributed by atoms with Gasteiger partial charge in [-0.25, -0.2) is 18.1 Å². The fraction of sp³-hybridized carbons (Fsp3) is 0.294. The van der Waals surface area contributed by atoms with Crippen LogP contribution in [0.5, 0.6) is 11.5 Å². The molecule has 140 valence electrons. The van der Waals surface area contributed by atoms with Crippen molar-refractivity contribution in [1.29, 1.82) is 0 Å². The highest BCUT2D eigenvalue weighted by Crippen LogP contribution is 2.20. The number of rotatable bonds is 9. The minimum Gasteiger partial charge on any atom is -0.494 e. The molecule has 1 aromatic carbocycles. The van der Waals surface area contributed by atoms with Gasteiger partial charge in [0, 0.05) is 19.2 Å². The number of sulfonamides is 1. The Morgan fingerprint density at radius 1 is 1.19 bits per heavy atom. The Bertz CT molecular complexity index is 838. The number of ether oxygens (including phenoxy) is 2. The van der Waals surface area contributed by atoms with E-state index >= 15 is 0 Å². The summed E-state index contributed by atoms with van der Waals surface area (Å²) in [6.45, 7) is 2.30. The van der Waals surface area contributed by atoms with E-state index in [1.165, 1.54) is 25.4 Å². The molecule has 0 aliphatic rings. The standard InChI is InChI=1S/C17H21N3O5S/c1-3-25-13-6-8-14(9-7-13)26(22,23)19-12-10-16(21)20-17-15(24-2)5-4-11-18-17/h4-9,11,19H,3,10,12H2,1-2H3,(H,18,20,21). The Balaban J connectivity index is 1.88. The van der Waals surface area contributed by atoms with E-state index in [1.807, 2.05) is 6.92 Å². The molecular weight excluding hydrogens is 358 g/mol. The van der Waals surface area contributed by atoms with Gasteiger partial charge >= 0.3 is 0 Å². The normalized spacial score (nSPS) is 11.0. The molecule has 0 aliphatic carbocycles. The number of carbonyl (C=O) groups is 1. The molecule has 0 unspecified atom stereocenters. The Labute approximate surface area is 152 Å². The lowest BCUT2D eigenvalue weighted by atomic mass is 10.3. The topological polar surface area (TPSA) is 107 Å². The van der Waals surface area contributed by atoms with E-state index in [1.54, 1.807) is 24.3 Å². The molecule has 0 saturated carbocycles. The molecule has 2 N–H and O–H groups in total. The molecule has 0 atom stereocenters. The Hall–Kier alpha value is -2.65. The van der Waals surface area contributed by atoms with E-state index < -0.39 is 10.0 Å². The summed E-state index contributed by atoms with van der Waals surface area (Å²) in [5.74, 6) is 0.928. The van der Waals surface area contributed by atoms with E-state index in [0.29, 0.717) is 18.1 Å². The van der Waals surface area contributed by atoms with Crippen molar-refractivity contribution in [2.75, 3.05) is 25.6 Å². The Kier molecular flexibility index (Phi) is 6.93. The lowest BCUT2D eigenvalue weighted by molar-refractivity contribution is -0.116. The van der Waals surface area contributed by atoms with Gasteiger partial charge < -0.3 is 14.8 Å². The number of carbonyl (C=O) groups excluding carboxylic acids is 1. The van der Waals surface area contributed by atoms with Gasteiger partial charge in [0.05, 0.1) is 18.6 Å². The summed E-state index contributed by atoms with van der Waals surface area (Å²) in [7, 11) is -2.23. The van der Waals surface area contributed by atoms with Crippen molar-refractivity contribution in [2.24, 2.45) is 0 Å². The second kappa shape index (κ2) is 9.16. The highest BCUT2D eigenvalue weighted by Gasteiger charge is 2.15. The number of nitrogens with zero attached hydrogens (tertiary/aromatic N) is 1. The summed E-state index contributed by atoms with van der Waals surface area (Å²) in [6.07, 6.45) is 1.47. The highest BCUT2D eigenvalue weighted by molar-refractivity contribution is 7.89. The Morgan fingerprint density at radius 2 is 1.92 bits per heavy atom. The average molecular weight is 379 g/mol. The van der Waals surface area contributed by atoms with E-state index in [0.717, 1.165) is 0 Å². The number of benzene rings is 1. The zero-order valence-corrected chi connectivity index (χ0v) is 15.4. The lowest BCUT2D eigenvalue weighted by Crippen LogP contribution is -2.28. The van der Waals surface area contributed by atoms with E-state index in [2.05, 4.69) is 15.0 Å². The molecule has 1 heterocycles. The number of anilines is 1. The van der Waals surface area contributed by atoms with Crippen molar-refractivity contribution in [3.63, 3.8) is 0 Å². The smallest absolute Gasteiger partial charge is 0.240 e. The van der Waals surface area contributed by atoms with Crippen LogP contribution in [0.2, 0.25) is 0 Å². The summed E-state index contributed by atoms with van der Waals surface area (Å²) in [4.78, 5) is 16.1. The van der Waals surface area contributed by atoms with E-state index in [-0.39, 0.29) is 29.6 Å². The minimum atomic E-state index is -3.70. The molecule has 2 aromatic rings. The fourth-order valence-corrected chi connectivity index (χ4v) is 3.14. The first-order valence-electron chi connectivity index (χ1n) is 7.97. The van der Waals surface area contributed by atoms with Crippen LogP contribution in [-0.4, -0.2) is 39.6 Å². The maximum atomic E-state index is 12.2. The number of aromatic nitrogens is 1. The van der Waals surface area contributed by atoms with Gasteiger partial charge in [0.15, 0.2) is 11.6 Å². The van der Waals surface area contributed by atoms with Crippen molar-refractivity contribution in [2.45, 2.75) is 18.2 Å². The first kappa shape index (κ1) is 19.7. The molecule has 8 nitrogen and oxygen atoms in total. The molecule has 2 rings (SSSR count). The number of methoxy groups -OCH3 is 1. The van der Waals surface area contributed by atoms with Gasteiger partial charge in [-0.15, -0.1) is 0 Å². The number of nitrogens with one attached hydrogen (secondary N) is 2. The molecule has 0 fully saturated rings. The van der Waals surface area contributed by atoms with Crippen LogP contribution < -0.4 is 19.5 Å². The number of pyridine rings is 1. The van der Waals surface area contributed by atoms with Crippen LogP contribution in [0.1, 0.15) is 13.3 Å². The van der Waals surface area contributed by atoms with Crippen LogP contribution in [0.25, 0.3) is 0 Å². The van der Waals surface area contributed by atoms with Gasteiger partial charge in [0.25, 0.3) is 0 Å². The van der Waals surface area contributed by atoms with Crippen molar-refractivity contribution >= 4 is 21.7 Å². The molecule has 9 heteroatoms. The molecule has 0 aliphatic heterocycles. The second-order valence-electron chi connectivity index (χ2n) is 5.15. The van der Waals surface area contributed by atoms with Crippen molar-refractivity contribution < 1.29 is 22.7 Å². The minimum absolute atomic E-state index is 0.0451. The van der Waals surface area contributed by atoms with Gasteiger partial charge in [-0.05, 0) is 43.3 Å². The van der Waals surface area contributed by atoms with Crippen molar-refractivity contribution in [1.82, 2.24) is 9.71 Å². The third-order valence-corrected chi connectivity index (χ3v) is 4.81. The van der Waals surface area contributed by atoms with Crippen LogP contribution in [0.15, 0.2) is 47.5 Å². The van der Waals surface area contributed by atoms with E-state index in [4.69, 9.17) is 9.47 Å². The first-order valence-corrected chi connectivity index (χ1v) is 9.46. The molecular formula is C17H21N3O5S. The molecule has 0 spiro atoms. The fourth-order valence-electron chi connectivity index (χ4n) is 2.11. The zero-order valence-electron chi connectivity index (χ0n) is 14.6.